The van der Waals surface area contributed by atoms with Gasteiger partial charge in [0.05, 0.1) is 5.69 Å². The molecule has 0 atom stereocenters. The number of rotatable bonds is 2. The molecule has 4 amide bonds. The van der Waals surface area contributed by atoms with Crippen LogP contribution in [0.25, 0.3) is 17.0 Å². The summed E-state index contributed by atoms with van der Waals surface area (Å²) in [6.45, 7) is 3.80. The summed E-state index contributed by atoms with van der Waals surface area (Å²) in [7, 11) is 1.94. The smallest absolute Gasteiger partial charge is 0.335 e. The molecule has 3 aromatic rings. The largest absolute Gasteiger partial charge is 0.347 e. The van der Waals surface area contributed by atoms with Crippen molar-refractivity contribution in [2.24, 2.45) is 7.05 Å². The van der Waals surface area contributed by atoms with Crippen LogP contribution in [0.2, 0.25) is 0 Å². The van der Waals surface area contributed by atoms with E-state index in [2.05, 4.69) is 5.32 Å². The molecule has 2 aromatic carbocycles. The van der Waals surface area contributed by atoms with Crippen molar-refractivity contribution in [1.29, 1.82) is 0 Å². The number of urea groups is 1. The fourth-order valence-corrected chi connectivity index (χ4v) is 3.54. The van der Waals surface area contributed by atoms with E-state index in [1.54, 1.807) is 24.3 Å². The zero-order valence-electron chi connectivity index (χ0n) is 15.8. The number of aryl methyl sites for hydroxylation is 2. The van der Waals surface area contributed by atoms with Gasteiger partial charge in [-0.2, -0.15) is 0 Å². The van der Waals surface area contributed by atoms with Gasteiger partial charge in [0.15, 0.2) is 0 Å². The zero-order valence-corrected chi connectivity index (χ0v) is 15.8. The average Bonchev–Trinajstić information content (AvgIpc) is 2.90. The summed E-state index contributed by atoms with van der Waals surface area (Å²) in [5.74, 6) is -1.32. The van der Waals surface area contributed by atoms with Crippen molar-refractivity contribution in [3.63, 3.8) is 0 Å². The summed E-state index contributed by atoms with van der Waals surface area (Å²) in [6, 6.07) is 14.1. The minimum atomic E-state index is -0.743. The summed E-state index contributed by atoms with van der Waals surface area (Å²) in [6.07, 6.45) is 1.57. The van der Waals surface area contributed by atoms with E-state index in [9.17, 15) is 14.4 Å². The standard InChI is InChI=1S/C22H19N3O3/c1-13-7-6-8-15(11-13)25-21(27)18(20(26)23-22(25)28)12-17-14(2)24(3)19-10-5-4-9-16(17)19/h4-12H,1-3H3,(H,23,26,28)/b18-12+. The number of carbonyl (C=O) groups excluding carboxylic acids is 3. The summed E-state index contributed by atoms with van der Waals surface area (Å²) in [4.78, 5) is 38.9. The fraction of sp³-hybridized carbons (Fsp3) is 0.136. The fourth-order valence-electron chi connectivity index (χ4n) is 3.54. The van der Waals surface area contributed by atoms with Crippen molar-refractivity contribution in [3.8, 4) is 0 Å². The number of fused-ring (bicyclic) bond motifs is 1. The second-order valence-electron chi connectivity index (χ2n) is 6.87. The molecule has 28 heavy (non-hydrogen) atoms. The Labute approximate surface area is 162 Å². The normalized spacial score (nSPS) is 16.2. The summed E-state index contributed by atoms with van der Waals surface area (Å²) >= 11 is 0. The van der Waals surface area contributed by atoms with E-state index in [4.69, 9.17) is 0 Å². The first kappa shape index (κ1) is 17.7. The molecule has 0 bridgehead atoms. The predicted molar refractivity (Wildman–Crippen MR) is 108 cm³/mol. The van der Waals surface area contributed by atoms with Crippen LogP contribution in [-0.4, -0.2) is 22.4 Å². The van der Waals surface area contributed by atoms with Crippen LogP contribution in [0.3, 0.4) is 0 Å². The monoisotopic (exact) mass is 373 g/mol. The highest BCUT2D eigenvalue weighted by atomic mass is 16.2. The Morgan fingerprint density at radius 2 is 1.71 bits per heavy atom. The number of nitrogens with one attached hydrogen (secondary N) is 1. The second kappa shape index (κ2) is 6.49. The van der Waals surface area contributed by atoms with Gasteiger partial charge in [0, 0.05) is 29.2 Å². The van der Waals surface area contributed by atoms with Crippen LogP contribution >= 0.6 is 0 Å². The van der Waals surface area contributed by atoms with Crippen molar-refractivity contribution in [1.82, 2.24) is 9.88 Å². The van der Waals surface area contributed by atoms with Gasteiger partial charge in [-0.3, -0.25) is 14.9 Å². The maximum Gasteiger partial charge on any atom is 0.335 e. The van der Waals surface area contributed by atoms with Crippen LogP contribution in [0.15, 0.2) is 54.1 Å². The zero-order chi connectivity index (χ0) is 20.0. The first-order valence-corrected chi connectivity index (χ1v) is 8.90. The van der Waals surface area contributed by atoms with Crippen LogP contribution < -0.4 is 10.2 Å². The van der Waals surface area contributed by atoms with Crippen LogP contribution in [0, 0.1) is 13.8 Å². The number of nitrogens with zero attached hydrogens (tertiary/aromatic N) is 2. The molecule has 1 aromatic heterocycles. The molecule has 1 N–H and O–H groups in total. The van der Waals surface area contributed by atoms with E-state index < -0.39 is 17.8 Å². The van der Waals surface area contributed by atoms with E-state index in [0.717, 1.165) is 32.6 Å². The molecule has 0 spiro atoms. The lowest BCUT2D eigenvalue weighted by Gasteiger charge is -2.26. The lowest BCUT2D eigenvalue weighted by atomic mass is 10.0. The van der Waals surface area contributed by atoms with Gasteiger partial charge in [0.1, 0.15) is 5.57 Å². The van der Waals surface area contributed by atoms with Crippen LogP contribution in [0.5, 0.6) is 0 Å². The van der Waals surface area contributed by atoms with Crippen LogP contribution in [0.4, 0.5) is 10.5 Å². The molecule has 0 saturated carbocycles. The number of benzene rings is 2. The van der Waals surface area contributed by atoms with Gasteiger partial charge < -0.3 is 4.57 Å². The van der Waals surface area contributed by atoms with Crippen molar-refractivity contribution in [2.45, 2.75) is 13.8 Å². The molecule has 4 rings (SSSR count). The quantitative estimate of drug-likeness (QED) is 0.552. The Morgan fingerprint density at radius 1 is 0.964 bits per heavy atom. The molecule has 6 heteroatoms. The molecule has 0 radical (unpaired) electrons. The molecule has 1 aliphatic heterocycles. The highest BCUT2D eigenvalue weighted by molar-refractivity contribution is 6.39. The van der Waals surface area contributed by atoms with Crippen molar-refractivity contribution in [2.75, 3.05) is 4.90 Å². The van der Waals surface area contributed by atoms with Crippen molar-refractivity contribution >= 4 is 40.5 Å². The third-order valence-electron chi connectivity index (χ3n) is 5.10. The number of barbiturate groups is 1. The SMILES string of the molecule is Cc1cccc(N2C(=O)NC(=O)/C(=C\c3c(C)n(C)c4ccccc34)C2=O)c1. The van der Waals surface area contributed by atoms with Crippen LogP contribution in [-0.2, 0) is 16.6 Å². The topological polar surface area (TPSA) is 71.4 Å². The lowest BCUT2D eigenvalue weighted by molar-refractivity contribution is -0.122. The summed E-state index contributed by atoms with van der Waals surface area (Å²) in [5, 5.41) is 3.21. The van der Waals surface area contributed by atoms with Gasteiger partial charge in [-0.1, -0.05) is 30.3 Å². The minimum absolute atomic E-state index is 0.0689. The Kier molecular flexibility index (Phi) is 4.11. The minimum Gasteiger partial charge on any atom is -0.347 e. The summed E-state index contributed by atoms with van der Waals surface area (Å²) in [5.41, 5.74) is 3.98. The maximum absolute atomic E-state index is 13.1. The molecule has 0 aliphatic carbocycles. The molecule has 140 valence electrons. The molecule has 0 unspecified atom stereocenters. The van der Waals surface area contributed by atoms with E-state index in [-0.39, 0.29) is 5.57 Å². The van der Waals surface area contributed by atoms with E-state index in [1.165, 1.54) is 0 Å². The number of hydrogen-bond acceptors (Lipinski definition) is 3. The van der Waals surface area contributed by atoms with Crippen molar-refractivity contribution < 1.29 is 14.4 Å². The Hall–Kier alpha value is -3.67. The molecule has 2 heterocycles. The first-order chi connectivity index (χ1) is 13.4. The highest BCUT2D eigenvalue weighted by Gasteiger charge is 2.37. The lowest BCUT2D eigenvalue weighted by Crippen LogP contribution is -2.54. The average molecular weight is 373 g/mol. The van der Waals surface area contributed by atoms with E-state index in [0.29, 0.717) is 5.69 Å². The Bertz CT molecular complexity index is 1190. The molecule has 1 aliphatic rings. The third-order valence-corrected chi connectivity index (χ3v) is 5.10. The number of hydrogen-bond donors (Lipinski definition) is 1. The number of anilines is 1. The Balaban J connectivity index is 1.86. The van der Waals surface area contributed by atoms with Gasteiger partial charge in [-0.05, 0) is 43.7 Å². The predicted octanol–water partition coefficient (Wildman–Crippen LogP) is 3.46. The number of carbonyl (C=O) groups is 3. The first-order valence-electron chi connectivity index (χ1n) is 8.90. The number of imide groups is 2. The van der Waals surface area contributed by atoms with Gasteiger partial charge in [-0.25, -0.2) is 9.69 Å². The number of aromatic nitrogens is 1. The van der Waals surface area contributed by atoms with Gasteiger partial charge >= 0.3 is 6.03 Å². The summed E-state index contributed by atoms with van der Waals surface area (Å²) < 4.78 is 2.01. The van der Waals surface area contributed by atoms with E-state index >= 15 is 0 Å². The molecular formula is C22H19N3O3. The van der Waals surface area contributed by atoms with Gasteiger partial charge in [-0.15, -0.1) is 0 Å². The van der Waals surface area contributed by atoms with Crippen molar-refractivity contribution in [3.05, 3.63) is 70.9 Å². The van der Waals surface area contributed by atoms with E-state index in [1.807, 2.05) is 55.8 Å². The molecule has 1 saturated heterocycles. The molecular weight excluding hydrogens is 354 g/mol. The Morgan fingerprint density at radius 3 is 2.46 bits per heavy atom. The maximum atomic E-state index is 13.1. The van der Waals surface area contributed by atoms with Gasteiger partial charge in [0.25, 0.3) is 11.8 Å². The second-order valence-corrected chi connectivity index (χ2v) is 6.87. The molecule has 1 fully saturated rings. The highest BCUT2D eigenvalue weighted by Crippen LogP contribution is 2.29. The number of para-hydroxylation sites is 1. The number of amides is 4. The third kappa shape index (κ3) is 2.70. The van der Waals surface area contributed by atoms with Crippen LogP contribution in [0.1, 0.15) is 16.8 Å². The molecule has 6 nitrogen and oxygen atoms in total. The van der Waals surface area contributed by atoms with Gasteiger partial charge in [0.2, 0.25) is 0 Å².